The Kier molecular flexibility index (Phi) is 13.7. The number of rotatable bonds is 13. The molecule has 0 bridgehead atoms. The van der Waals surface area contributed by atoms with Crippen molar-refractivity contribution >= 4 is 48.6 Å². The van der Waals surface area contributed by atoms with Crippen molar-refractivity contribution in [2.24, 2.45) is 10.8 Å². The molecule has 3 amide bonds. The monoisotopic (exact) mass is 583 g/mol. The number of hydrogen-bond donors (Lipinski definition) is 3. The summed E-state index contributed by atoms with van der Waals surface area (Å²) in [7, 11) is -4.25. The molecule has 0 aromatic rings. The third-order valence-corrected chi connectivity index (χ3v) is 6.93. The second-order valence-corrected chi connectivity index (χ2v) is 12.8. The van der Waals surface area contributed by atoms with Gasteiger partial charge in [0.2, 0.25) is 18.6 Å². The molecule has 1 fully saturated rings. The van der Waals surface area contributed by atoms with Gasteiger partial charge in [0.1, 0.15) is 6.61 Å². The van der Waals surface area contributed by atoms with Crippen LogP contribution in [0, 0.1) is 10.8 Å². The first-order valence-corrected chi connectivity index (χ1v) is 14.3. The zero-order valence-electron chi connectivity index (χ0n) is 22.6. The number of nitrogens with one attached hydrogen (secondary N) is 3. The van der Waals surface area contributed by atoms with Gasteiger partial charge in [0.15, 0.2) is 11.2 Å². The summed E-state index contributed by atoms with van der Waals surface area (Å²) in [5, 5.41) is 7.48. The van der Waals surface area contributed by atoms with Crippen LogP contribution < -0.4 is 16.0 Å². The largest absolute Gasteiger partial charge is 0.478 e. The fraction of sp³-hybridized carbons (Fsp3) is 0.773. The van der Waals surface area contributed by atoms with Gasteiger partial charge < -0.3 is 25.4 Å². The molecule has 3 N–H and O–H groups in total. The number of phosphoric acid groups is 1. The summed E-state index contributed by atoms with van der Waals surface area (Å²) < 4.78 is 38.1. The fourth-order valence-electron chi connectivity index (χ4n) is 2.67. The number of thioether (sulfide) groups is 1. The molecule has 2 atom stereocenters. The molecule has 0 aliphatic carbocycles. The van der Waals surface area contributed by atoms with E-state index in [0.29, 0.717) is 12.3 Å². The van der Waals surface area contributed by atoms with E-state index in [1.54, 1.807) is 34.6 Å². The maximum absolute atomic E-state index is 12.8. The summed E-state index contributed by atoms with van der Waals surface area (Å²) in [5.41, 5.74) is -1.55. The van der Waals surface area contributed by atoms with Crippen LogP contribution in [-0.2, 0) is 46.8 Å². The number of alkyl carbamates (subject to hydrolysis) is 1. The molecule has 1 saturated heterocycles. The van der Waals surface area contributed by atoms with Crippen molar-refractivity contribution in [3.05, 3.63) is 0 Å². The molecule has 0 aromatic carbocycles. The Morgan fingerprint density at radius 2 is 1.71 bits per heavy atom. The van der Waals surface area contributed by atoms with Crippen molar-refractivity contribution in [3.8, 4) is 0 Å². The van der Waals surface area contributed by atoms with Crippen molar-refractivity contribution in [2.75, 3.05) is 45.4 Å². The Morgan fingerprint density at radius 3 is 2.34 bits per heavy atom. The van der Waals surface area contributed by atoms with Gasteiger partial charge in [-0.15, -0.1) is 0 Å². The van der Waals surface area contributed by atoms with Crippen LogP contribution in [0.1, 0.15) is 48.0 Å². The number of esters is 1. The second kappa shape index (κ2) is 15.4. The van der Waals surface area contributed by atoms with Gasteiger partial charge in [0.25, 0.3) is 0 Å². The van der Waals surface area contributed by atoms with Crippen molar-refractivity contribution in [3.63, 3.8) is 0 Å². The van der Waals surface area contributed by atoms with E-state index in [2.05, 4.69) is 16.0 Å². The predicted molar refractivity (Wildman–Crippen MR) is 137 cm³/mol. The van der Waals surface area contributed by atoms with Gasteiger partial charge in [-0.1, -0.05) is 25.6 Å². The number of amides is 3. The lowest BCUT2D eigenvalue weighted by Crippen LogP contribution is -2.50. The highest BCUT2D eigenvalue weighted by molar-refractivity contribution is 8.13. The van der Waals surface area contributed by atoms with E-state index in [-0.39, 0.29) is 43.7 Å². The minimum Gasteiger partial charge on any atom is -0.463 e. The van der Waals surface area contributed by atoms with E-state index in [9.17, 15) is 28.5 Å². The lowest BCUT2D eigenvalue weighted by atomic mass is 9.87. The maximum atomic E-state index is 12.8. The van der Waals surface area contributed by atoms with Crippen molar-refractivity contribution in [2.45, 2.75) is 54.1 Å². The number of phosphoric ester groups is 1. The predicted octanol–water partition coefficient (Wildman–Crippen LogP) is 1.73. The highest BCUT2D eigenvalue weighted by Crippen LogP contribution is 2.57. The molecular formula is C22H38N3O11PS. The molecule has 1 rings (SSSR count). The highest BCUT2D eigenvalue weighted by atomic mass is 32.2. The summed E-state index contributed by atoms with van der Waals surface area (Å²) in [4.78, 5) is 58.8. The molecule has 16 heteroatoms. The molecule has 38 heavy (non-hydrogen) atoms. The zero-order chi connectivity index (χ0) is 29.0. The van der Waals surface area contributed by atoms with Crippen LogP contribution in [0.2, 0.25) is 0 Å². The van der Waals surface area contributed by atoms with E-state index < -0.39 is 49.5 Å². The number of ether oxygens (including phenoxy) is 2. The van der Waals surface area contributed by atoms with Crippen molar-refractivity contribution in [1.82, 2.24) is 16.0 Å². The average molecular weight is 584 g/mol. The molecule has 0 spiro atoms. The van der Waals surface area contributed by atoms with Crippen LogP contribution in [0.15, 0.2) is 0 Å². The minimum atomic E-state index is -4.25. The Morgan fingerprint density at radius 1 is 1.03 bits per heavy atom. The summed E-state index contributed by atoms with van der Waals surface area (Å²) in [5.74, 6) is -0.903. The van der Waals surface area contributed by atoms with Crippen LogP contribution in [0.25, 0.3) is 0 Å². The Labute approximate surface area is 226 Å². The smallest absolute Gasteiger partial charge is 0.463 e. The average Bonchev–Trinajstić information content (AvgIpc) is 2.80. The molecule has 218 valence electrons. The standard InChI is InChI=1S/C22H38N3O11PS/c1-15(26)38-12-10-23-16(27)7-8-24-18(28)17-22(5,6)13-34-37(31,36-17)35-14-33-20(30)25-9-11-32-19(29)21(2,3)4/h17H,7-14H2,1-6H3,(H,23,27)(H,24,28)(H,25,30)/t17-,37-/m0/s1. The molecule has 0 aromatic heterocycles. The molecule has 0 saturated carbocycles. The van der Waals surface area contributed by atoms with Gasteiger partial charge in [0, 0.05) is 37.6 Å². The summed E-state index contributed by atoms with van der Waals surface area (Å²) in [6.45, 7) is 9.15. The molecule has 0 unspecified atom stereocenters. The molecule has 0 radical (unpaired) electrons. The Bertz CT molecular complexity index is 907. The lowest BCUT2D eigenvalue weighted by Gasteiger charge is -2.39. The van der Waals surface area contributed by atoms with Gasteiger partial charge in [-0.3, -0.25) is 28.2 Å². The number of carbonyl (C=O) groups excluding carboxylic acids is 5. The third kappa shape index (κ3) is 13.1. The molecular weight excluding hydrogens is 545 g/mol. The summed E-state index contributed by atoms with van der Waals surface area (Å²) in [6, 6.07) is 0. The van der Waals surface area contributed by atoms with E-state index in [1.807, 2.05) is 0 Å². The van der Waals surface area contributed by atoms with Gasteiger partial charge in [-0.05, 0) is 20.8 Å². The van der Waals surface area contributed by atoms with Gasteiger partial charge in [-0.25, -0.2) is 13.9 Å². The normalized spacial score (nSPS) is 20.6. The minimum absolute atomic E-state index is 0.000813. The molecule has 14 nitrogen and oxygen atoms in total. The Hall–Kier alpha value is -2.19. The SMILES string of the molecule is CC(=O)SCCNC(=O)CCNC(=O)[C@@H]1O[P@](=O)(OCOC(=O)NCCOC(=O)C(C)(C)C)OCC1(C)C. The van der Waals surface area contributed by atoms with E-state index in [4.69, 9.17) is 23.0 Å². The van der Waals surface area contributed by atoms with Crippen molar-refractivity contribution in [1.29, 1.82) is 0 Å². The summed E-state index contributed by atoms with van der Waals surface area (Å²) >= 11 is 1.10. The first-order valence-electron chi connectivity index (χ1n) is 11.9. The maximum Gasteiger partial charge on any atom is 0.478 e. The molecule has 1 heterocycles. The van der Waals surface area contributed by atoms with Crippen LogP contribution >= 0.6 is 19.6 Å². The van der Waals surface area contributed by atoms with Gasteiger partial charge in [0.05, 0.1) is 18.6 Å². The lowest BCUT2D eigenvalue weighted by molar-refractivity contribution is -0.152. The van der Waals surface area contributed by atoms with Gasteiger partial charge >= 0.3 is 19.9 Å². The van der Waals surface area contributed by atoms with Crippen LogP contribution in [0.4, 0.5) is 4.79 Å². The van der Waals surface area contributed by atoms with E-state index in [0.717, 1.165) is 11.8 Å². The Balaban J connectivity index is 2.41. The van der Waals surface area contributed by atoms with E-state index in [1.165, 1.54) is 6.92 Å². The number of hydrogen-bond acceptors (Lipinski definition) is 12. The molecule has 1 aliphatic rings. The quantitative estimate of drug-likeness (QED) is 0.124. The van der Waals surface area contributed by atoms with Crippen LogP contribution in [-0.4, -0.2) is 80.5 Å². The van der Waals surface area contributed by atoms with Crippen molar-refractivity contribution < 1.29 is 51.6 Å². The van der Waals surface area contributed by atoms with Crippen LogP contribution in [0.3, 0.4) is 0 Å². The highest BCUT2D eigenvalue weighted by Gasteiger charge is 2.49. The summed E-state index contributed by atoms with van der Waals surface area (Å²) in [6.07, 6.45) is -2.16. The first kappa shape index (κ1) is 33.8. The van der Waals surface area contributed by atoms with Crippen LogP contribution in [0.5, 0.6) is 0 Å². The number of carbonyl (C=O) groups is 5. The van der Waals surface area contributed by atoms with Gasteiger partial charge in [-0.2, -0.15) is 0 Å². The van der Waals surface area contributed by atoms with E-state index >= 15 is 0 Å². The molecule has 1 aliphatic heterocycles. The third-order valence-electron chi connectivity index (χ3n) is 4.78. The first-order chi connectivity index (χ1) is 17.6. The fourth-order valence-corrected chi connectivity index (χ4v) is 4.67. The zero-order valence-corrected chi connectivity index (χ0v) is 24.3. The topological polar surface area (TPSA) is 185 Å². The second-order valence-electron chi connectivity index (χ2n) is 9.92.